The lowest BCUT2D eigenvalue weighted by Gasteiger charge is -2.35. The van der Waals surface area contributed by atoms with E-state index in [1.807, 2.05) is 30.1 Å². The first-order valence-electron chi connectivity index (χ1n) is 9.20. The number of amides is 2. The summed E-state index contributed by atoms with van der Waals surface area (Å²) in [4.78, 5) is 14.6. The molecule has 1 aromatic carbocycles. The fraction of sp³-hybridized carbons (Fsp3) is 0.650. The Labute approximate surface area is 146 Å². The molecule has 2 amide bonds. The largest absolute Gasteiger partial charge is 0.396 e. The Morgan fingerprint density at radius 2 is 1.83 bits per heavy atom. The molecule has 2 N–H and O–H groups in total. The summed E-state index contributed by atoms with van der Waals surface area (Å²) in [5.74, 6) is 0.927. The van der Waals surface area contributed by atoms with Gasteiger partial charge in [0.15, 0.2) is 0 Å². The van der Waals surface area contributed by atoms with Gasteiger partial charge in [0.25, 0.3) is 0 Å². The first-order valence-corrected chi connectivity index (χ1v) is 9.20. The van der Waals surface area contributed by atoms with Crippen LogP contribution < -0.4 is 5.32 Å². The quantitative estimate of drug-likeness (QED) is 0.828. The molecular formula is C20H32N2O2. The van der Waals surface area contributed by atoms with Gasteiger partial charge in [-0.1, -0.05) is 44.2 Å². The minimum atomic E-state index is 0.0111. The monoisotopic (exact) mass is 332 g/mol. The standard InChI is InChI=1S/C20H32N2O2/c1-15(2)13-19(17-7-5-4-6-8-17)21-20(24)22(3)18-11-9-16(14-23)10-12-18/h4-8,15-16,18-19,23H,9-14H2,1-3H3,(H,21,24). The molecular weight excluding hydrogens is 300 g/mol. The average Bonchev–Trinajstić information content (AvgIpc) is 2.61. The van der Waals surface area contributed by atoms with Crippen LogP contribution in [0, 0.1) is 11.8 Å². The molecule has 0 aliphatic heterocycles. The van der Waals surface area contributed by atoms with Crippen LogP contribution in [0.2, 0.25) is 0 Å². The fourth-order valence-electron chi connectivity index (χ4n) is 3.57. The number of nitrogens with zero attached hydrogens (tertiary/aromatic N) is 1. The minimum Gasteiger partial charge on any atom is -0.396 e. The van der Waals surface area contributed by atoms with Crippen molar-refractivity contribution in [2.24, 2.45) is 11.8 Å². The summed E-state index contributed by atoms with van der Waals surface area (Å²) in [5.41, 5.74) is 1.16. The third kappa shape index (κ3) is 5.23. The third-order valence-corrected chi connectivity index (χ3v) is 5.15. The van der Waals surface area contributed by atoms with Gasteiger partial charge in [-0.2, -0.15) is 0 Å². The van der Waals surface area contributed by atoms with Crippen LogP contribution in [-0.4, -0.2) is 35.7 Å². The van der Waals surface area contributed by atoms with Crippen molar-refractivity contribution in [1.82, 2.24) is 10.2 Å². The number of aliphatic hydroxyl groups excluding tert-OH is 1. The third-order valence-electron chi connectivity index (χ3n) is 5.15. The molecule has 1 atom stereocenters. The topological polar surface area (TPSA) is 52.6 Å². The molecule has 134 valence electrons. The van der Waals surface area contributed by atoms with Gasteiger partial charge in [0.1, 0.15) is 0 Å². The maximum atomic E-state index is 12.7. The van der Waals surface area contributed by atoms with Gasteiger partial charge in [-0.25, -0.2) is 4.79 Å². The number of rotatable bonds is 6. The van der Waals surface area contributed by atoms with Crippen LogP contribution in [0.15, 0.2) is 30.3 Å². The van der Waals surface area contributed by atoms with Gasteiger partial charge in [-0.05, 0) is 49.5 Å². The van der Waals surface area contributed by atoms with E-state index in [0.717, 1.165) is 37.7 Å². The van der Waals surface area contributed by atoms with Crippen molar-refractivity contribution >= 4 is 6.03 Å². The normalized spacial score (nSPS) is 22.2. The van der Waals surface area contributed by atoms with Gasteiger partial charge in [0.05, 0.1) is 6.04 Å². The molecule has 1 fully saturated rings. The van der Waals surface area contributed by atoms with Gasteiger partial charge < -0.3 is 15.3 Å². The van der Waals surface area contributed by atoms with E-state index in [0.29, 0.717) is 11.8 Å². The second kappa shape index (κ2) is 9.07. The van der Waals surface area contributed by atoms with Crippen molar-refractivity contribution in [3.05, 3.63) is 35.9 Å². The Morgan fingerprint density at radius 1 is 1.21 bits per heavy atom. The number of carbonyl (C=O) groups excluding carboxylic acids is 1. The highest BCUT2D eigenvalue weighted by molar-refractivity contribution is 5.74. The van der Waals surface area contributed by atoms with Gasteiger partial charge >= 0.3 is 6.03 Å². The van der Waals surface area contributed by atoms with Crippen molar-refractivity contribution in [2.75, 3.05) is 13.7 Å². The Balaban J connectivity index is 1.97. The van der Waals surface area contributed by atoms with Gasteiger partial charge in [0, 0.05) is 19.7 Å². The van der Waals surface area contributed by atoms with E-state index in [9.17, 15) is 9.90 Å². The number of nitrogens with one attached hydrogen (secondary N) is 1. The predicted molar refractivity (Wildman–Crippen MR) is 97.8 cm³/mol. The number of hydrogen-bond acceptors (Lipinski definition) is 2. The Kier molecular flexibility index (Phi) is 7.10. The van der Waals surface area contributed by atoms with E-state index in [1.54, 1.807) is 0 Å². The van der Waals surface area contributed by atoms with E-state index in [1.165, 1.54) is 0 Å². The van der Waals surface area contributed by atoms with Gasteiger partial charge in [-0.3, -0.25) is 0 Å². The van der Waals surface area contributed by atoms with Crippen LogP contribution in [0.3, 0.4) is 0 Å². The van der Waals surface area contributed by atoms with Gasteiger partial charge in [-0.15, -0.1) is 0 Å². The molecule has 0 radical (unpaired) electrons. The van der Waals surface area contributed by atoms with E-state index < -0.39 is 0 Å². The molecule has 0 aromatic heterocycles. The van der Waals surface area contributed by atoms with Crippen molar-refractivity contribution in [3.63, 3.8) is 0 Å². The van der Waals surface area contributed by atoms with E-state index in [2.05, 4.69) is 31.3 Å². The van der Waals surface area contributed by atoms with Crippen LogP contribution in [-0.2, 0) is 0 Å². The molecule has 4 nitrogen and oxygen atoms in total. The van der Waals surface area contributed by atoms with E-state index in [-0.39, 0.29) is 24.7 Å². The van der Waals surface area contributed by atoms with Crippen molar-refractivity contribution in [3.8, 4) is 0 Å². The first kappa shape index (κ1) is 18.8. The molecule has 0 saturated heterocycles. The molecule has 2 rings (SSSR count). The zero-order valence-corrected chi connectivity index (χ0v) is 15.2. The minimum absolute atomic E-state index is 0.0111. The number of carbonyl (C=O) groups is 1. The molecule has 4 heteroatoms. The lowest BCUT2D eigenvalue weighted by molar-refractivity contribution is 0.132. The predicted octanol–water partition coefficient (Wildman–Crippen LogP) is 3.97. The summed E-state index contributed by atoms with van der Waals surface area (Å²) in [5, 5.41) is 12.5. The summed E-state index contributed by atoms with van der Waals surface area (Å²) in [7, 11) is 1.90. The van der Waals surface area contributed by atoms with Crippen LogP contribution >= 0.6 is 0 Å². The van der Waals surface area contributed by atoms with Crippen LogP contribution in [0.25, 0.3) is 0 Å². The molecule has 0 heterocycles. The zero-order valence-electron chi connectivity index (χ0n) is 15.2. The summed E-state index contributed by atoms with van der Waals surface area (Å²) >= 11 is 0. The number of aliphatic hydroxyl groups is 1. The molecule has 1 aliphatic rings. The SMILES string of the molecule is CC(C)CC(NC(=O)N(C)C1CCC(CO)CC1)c1ccccc1. The molecule has 24 heavy (non-hydrogen) atoms. The Morgan fingerprint density at radius 3 is 2.38 bits per heavy atom. The second-order valence-electron chi connectivity index (χ2n) is 7.51. The van der Waals surface area contributed by atoms with Crippen LogP contribution in [0.4, 0.5) is 4.79 Å². The maximum Gasteiger partial charge on any atom is 0.317 e. The summed E-state index contributed by atoms with van der Waals surface area (Å²) in [6.07, 6.45) is 4.91. The highest BCUT2D eigenvalue weighted by atomic mass is 16.3. The highest BCUT2D eigenvalue weighted by Gasteiger charge is 2.27. The molecule has 1 saturated carbocycles. The highest BCUT2D eigenvalue weighted by Crippen LogP contribution is 2.27. The molecule has 1 aliphatic carbocycles. The van der Waals surface area contributed by atoms with Crippen molar-refractivity contribution < 1.29 is 9.90 Å². The fourth-order valence-corrected chi connectivity index (χ4v) is 3.57. The lowest BCUT2D eigenvalue weighted by Crippen LogP contribution is -2.46. The van der Waals surface area contributed by atoms with E-state index >= 15 is 0 Å². The number of urea groups is 1. The molecule has 1 aromatic rings. The summed E-state index contributed by atoms with van der Waals surface area (Å²) in [6.45, 7) is 4.64. The molecule has 0 bridgehead atoms. The maximum absolute atomic E-state index is 12.7. The van der Waals surface area contributed by atoms with Crippen molar-refractivity contribution in [2.45, 2.75) is 58.0 Å². The smallest absolute Gasteiger partial charge is 0.317 e. The van der Waals surface area contributed by atoms with Crippen LogP contribution in [0.1, 0.15) is 57.6 Å². The lowest BCUT2D eigenvalue weighted by atomic mass is 9.86. The van der Waals surface area contributed by atoms with Crippen molar-refractivity contribution in [1.29, 1.82) is 0 Å². The average molecular weight is 332 g/mol. The first-order chi connectivity index (χ1) is 11.5. The molecule has 0 spiro atoms. The van der Waals surface area contributed by atoms with Crippen LogP contribution in [0.5, 0.6) is 0 Å². The number of hydrogen-bond donors (Lipinski definition) is 2. The number of benzene rings is 1. The van der Waals surface area contributed by atoms with E-state index in [4.69, 9.17) is 0 Å². The van der Waals surface area contributed by atoms with Gasteiger partial charge in [0.2, 0.25) is 0 Å². The zero-order chi connectivity index (χ0) is 17.5. The molecule has 1 unspecified atom stereocenters. The second-order valence-corrected chi connectivity index (χ2v) is 7.51. The summed E-state index contributed by atoms with van der Waals surface area (Å²) in [6, 6.07) is 10.6. The Hall–Kier alpha value is -1.55. The Bertz CT molecular complexity index is 496. The summed E-state index contributed by atoms with van der Waals surface area (Å²) < 4.78 is 0.